The SMILES string of the molecule is COC(=O)Nc1ccc(NC(=O)COc2cccc(C(C)C)c2)cc1. The van der Waals surface area contributed by atoms with Crippen LogP contribution in [-0.2, 0) is 9.53 Å². The molecular weight excluding hydrogens is 320 g/mol. The molecule has 0 fully saturated rings. The second-order valence-corrected chi connectivity index (χ2v) is 5.76. The topological polar surface area (TPSA) is 76.7 Å². The molecule has 0 heterocycles. The smallest absolute Gasteiger partial charge is 0.411 e. The van der Waals surface area contributed by atoms with Crippen LogP contribution >= 0.6 is 0 Å². The predicted octanol–water partition coefficient (Wildman–Crippen LogP) is 4.01. The van der Waals surface area contributed by atoms with Gasteiger partial charge in [0.1, 0.15) is 5.75 Å². The fraction of sp³-hybridized carbons (Fsp3) is 0.263. The summed E-state index contributed by atoms with van der Waals surface area (Å²) in [5, 5.41) is 5.27. The van der Waals surface area contributed by atoms with Gasteiger partial charge in [-0.15, -0.1) is 0 Å². The molecule has 0 spiro atoms. The van der Waals surface area contributed by atoms with E-state index in [4.69, 9.17) is 4.74 Å². The van der Waals surface area contributed by atoms with Gasteiger partial charge in [0.2, 0.25) is 0 Å². The van der Waals surface area contributed by atoms with Crippen molar-refractivity contribution in [2.45, 2.75) is 19.8 Å². The molecule has 132 valence electrons. The zero-order chi connectivity index (χ0) is 18.2. The van der Waals surface area contributed by atoms with Crippen molar-refractivity contribution in [3.05, 3.63) is 54.1 Å². The van der Waals surface area contributed by atoms with Gasteiger partial charge in [-0.1, -0.05) is 26.0 Å². The molecule has 25 heavy (non-hydrogen) atoms. The monoisotopic (exact) mass is 342 g/mol. The van der Waals surface area contributed by atoms with E-state index < -0.39 is 6.09 Å². The summed E-state index contributed by atoms with van der Waals surface area (Å²) in [5.74, 6) is 0.803. The Labute approximate surface area is 147 Å². The molecule has 0 radical (unpaired) electrons. The lowest BCUT2D eigenvalue weighted by molar-refractivity contribution is -0.118. The number of anilines is 2. The number of carbonyl (C=O) groups is 2. The second kappa shape index (κ2) is 8.73. The molecule has 2 N–H and O–H groups in total. The lowest BCUT2D eigenvalue weighted by Crippen LogP contribution is -2.20. The zero-order valence-corrected chi connectivity index (χ0v) is 14.5. The Morgan fingerprint density at radius 3 is 2.24 bits per heavy atom. The van der Waals surface area contributed by atoms with Crippen molar-refractivity contribution in [2.75, 3.05) is 24.4 Å². The largest absolute Gasteiger partial charge is 0.484 e. The van der Waals surface area contributed by atoms with E-state index in [9.17, 15) is 9.59 Å². The molecule has 2 aromatic carbocycles. The van der Waals surface area contributed by atoms with Gasteiger partial charge in [0.15, 0.2) is 6.61 Å². The van der Waals surface area contributed by atoms with Crippen LogP contribution in [0.3, 0.4) is 0 Å². The number of hydrogen-bond donors (Lipinski definition) is 2. The van der Waals surface area contributed by atoms with E-state index in [1.54, 1.807) is 24.3 Å². The van der Waals surface area contributed by atoms with Gasteiger partial charge in [0, 0.05) is 11.4 Å². The number of carbonyl (C=O) groups excluding carboxylic acids is 2. The van der Waals surface area contributed by atoms with Gasteiger partial charge >= 0.3 is 6.09 Å². The summed E-state index contributed by atoms with van der Waals surface area (Å²) in [6.07, 6.45) is -0.547. The highest BCUT2D eigenvalue weighted by molar-refractivity contribution is 5.92. The maximum absolute atomic E-state index is 12.0. The molecule has 0 atom stereocenters. The van der Waals surface area contributed by atoms with Crippen LogP contribution in [0, 0.1) is 0 Å². The summed E-state index contributed by atoms with van der Waals surface area (Å²) >= 11 is 0. The first-order chi connectivity index (χ1) is 12.0. The Morgan fingerprint density at radius 1 is 1.00 bits per heavy atom. The molecule has 0 saturated heterocycles. The third-order valence-corrected chi connectivity index (χ3v) is 3.50. The van der Waals surface area contributed by atoms with Gasteiger partial charge < -0.3 is 14.8 Å². The van der Waals surface area contributed by atoms with Crippen molar-refractivity contribution in [1.29, 1.82) is 0 Å². The molecule has 0 saturated carbocycles. The molecule has 2 aromatic rings. The van der Waals surface area contributed by atoms with Crippen LogP contribution in [0.4, 0.5) is 16.2 Å². The number of benzene rings is 2. The van der Waals surface area contributed by atoms with E-state index in [1.807, 2.05) is 24.3 Å². The van der Waals surface area contributed by atoms with Crippen LogP contribution in [0.1, 0.15) is 25.3 Å². The van der Waals surface area contributed by atoms with Crippen molar-refractivity contribution in [2.24, 2.45) is 0 Å². The van der Waals surface area contributed by atoms with Crippen LogP contribution in [-0.4, -0.2) is 25.7 Å². The minimum atomic E-state index is -0.547. The van der Waals surface area contributed by atoms with Crippen LogP contribution in [0.15, 0.2) is 48.5 Å². The predicted molar refractivity (Wildman–Crippen MR) is 97.1 cm³/mol. The maximum Gasteiger partial charge on any atom is 0.411 e. The number of methoxy groups -OCH3 is 1. The summed E-state index contributed by atoms with van der Waals surface area (Å²) in [6, 6.07) is 14.4. The highest BCUT2D eigenvalue weighted by atomic mass is 16.5. The average molecular weight is 342 g/mol. The van der Waals surface area contributed by atoms with E-state index in [0.717, 1.165) is 5.56 Å². The van der Waals surface area contributed by atoms with Crippen LogP contribution in [0.5, 0.6) is 5.75 Å². The summed E-state index contributed by atoms with van der Waals surface area (Å²) in [5.41, 5.74) is 2.35. The van der Waals surface area contributed by atoms with Gasteiger partial charge in [-0.2, -0.15) is 0 Å². The lowest BCUT2D eigenvalue weighted by Gasteiger charge is -2.10. The van der Waals surface area contributed by atoms with Gasteiger partial charge in [-0.05, 0) is 47.9 Å². The average Bonchev–Trinajstić information content (AvgIpc) is 2.61. The van der Waals surface area contributed by atoms with Crippen LogP contribution in [0.25, 0.3) is 0 Å². The second-order valence-electron chi connectivity index (χ2n) is 5.76. The lowest BCUT2D eigenvalue weighted by atomic mass is 10.0. The first kappa shape index (κ1) is 18.3. The number of hydrogen-bond acceptors (Lipinski definition) is 4. The number of nitrogens with one attached hydrogen (secondary N) is 2. The fourth-order valence-electron chi connectivity index (χ4n) is 2.12. The van der Waals surface area contributed by atoms with Crippen molar-refractivity contribution in [1.82, 2.24) is 0 Å². The third-order valence-electron chi connectivity index (χ3n) is 3.50. The van der Waals surface area contributed by atoms with E-state index in [1.165, 1.54) is 7.11 Å². The molecule has 2 rings (SSSR count). The summed E-state index contributed by atoms with van der Waals surface area (Å²) in [7, 11) is 1.29. The number of amides is 2. The highest BCUT2D eigenvalue weighted by Crippen LogP contribution is 2.20. The number of ether oxygens (including phenoxy) is 2. The normalized spacial score (nSPS) is 10.2. The molecule has 0 aliphatic rings. The summed E-state index contributed by atoms with van der Waals surface area (Å²) in [6.45, 7) is 4.12. The molecule has 2 amide bonds. The van der Waals surface area contributed by atoms with Crippen molar-refractivity contribution in [3.63, 3.8) is 0 Å². The van der Waals surface area contributed by atoms with E-state index in [2.05, 4.69) is 29.2 Å². The van der Waals surface area contributed by atoms with Gasteiger partial charge in [-0.25, -0.2) is 4.79 Å². The van der Waals surface area contributed by atoms with E-state index in [-0.39, 0.29) is 12.5 Å². The maximum atomic E-state index is 12.0. The Balaban J connectivity index is 1.86. The molecule has 6 heteroatoms. The summed E-state index contributed by atoms with van der Waals surface area (Å²) in [4.78, 5) is 23.1. The van der Waals surface area contributed by atoms with Crippen LogP contribution in [0.2, 0.25) is 0 Å². The van der Waals surface area contributed by atoms with E-state index in [0.29, 0.717) is 23.0 Å². The first-order valence-electron chi connectivity index (χ1n) is 7.95. The Morgan fingerprint density at radius 2 is 1.64 bits per heavy atom. The molecule has 0 aliphatic carbocycles. The quantitative estimate of drug-likeness (QED) is 0.832. The van der Waals surface area contributed by atoms with E-state index >= 15 is 0 Å². The third kappa shape index (κ3) is 5.84. The van der Waals surface area contributed by atoms with Crippen molar-refractivity contribution >= 4 is 23.4 Å². The first-order valence-corrected chi connectivity index (χ1v) is 7.95. The molecule has 0 aromatic heterocycles. The molecule has 0 bridgehead atoms. The van der Waals surface area contributed by atoms with Gasteiger partial charge in [0.25, 0.3) is 5.91 Å². The van der Waals surface area contributed by atoms with Crippen molar-refractivity contribution < 1.29 is 19.1 Å². The van der Waals surface area contributed by atoms with Gasteiger partial charge in [0.05, 0.1) is 7.11 Å². The molecular formula is C19H22N2O4. The molecule has 0 unspecified atom stereocenters. The minimum absolute atomic E-state index is 0.0797. The minimum Gasteiger partial charge on any atom is -0.484 e. The van der Waals surface area contributed by atoms with Crippen LogP contribution < -0.4 is 15.4 Å². The van der Waals surface area contributed by atoms with Gasteiger partial charge in [-0.3, -0.25) is 10.1 Å². The highest BCUT2D eigenvalue weighted by Gasteiger charge is 2.06. The fourth-order valence-corrected chi connectivity index (χ4v) is 2.12. The van der Waals surface area contributed by atoms with Crippen molar-refractivity contribution in [3.8, 4) is 5.75 Å². The summed E-state index contributed by atoms with van der Waals surface area (Å²) < 4.78 is 10.0. The zero-order valence-electron chi connectivity index (χ0n) is 14.5. The Kier molecular flexibility index (Phi) is 6.39. The Bertz CT molecular complexity index is 726. The number of rotatable bonds is 6. The molecule has 0 aliphatic heterocycles. The Hall–Kier alpha value is -3.02. The molecule has 6 nitrogen and oxygen atoms in total. The standard InChI is InChI=1S/C19H22N2O4/c1-13(2)14-5-4-6-17(11-14)25-12-18(22)20-15-7-9-16(10-8-15)21-19(23)24-3/h4-11,13H,12H2,1-3H3,(H,20,22)(H,21,23).